The molecule has 0 saturated heterocycles. The van der Waals surface area contributed by atoms with Gasteiger partial charge in [0.2, 0.25) is 0 Å². The van der Waals surface area contributed by atoms with Gasteiger partial charge in [-0.1, -0.05) is 11.6 Å². The number of ketones is 1. The van der Waals surface area contributed by atoms with Crippen LogP contribution in [0.1, 0.15) is 29.8 Å². The minimum absolute atomic E-state index is 0.0445. The number of hydrogen-bond acceptors (Lipinski definition) is 4. The van der Waals surface area contributed by atoms with E-state index in [1.807, 2.05) is 0 Å². The Bertz CT molecular complexity index is 899. The number of benzene rings is 2. The molecule has 0 bridgehead atoms. The zero-order valence-corrected chi connectivity index (χ0v) is 15.9. The molecule has 5 nitrogen and oxygen atoms in total. The maximum atomic E-state index is 12.8. The van der Waals surface area contributed by atoms with Crippen molar-refractivity contribution in [2.24, 2.45) is 0 Å². The fraction of sp³-hybridized carbons (Fsp3) is 0.263. The topological polar surface area (TPSA) is 64.6 Å². The van der Waals surface area contributed by atoms with Gasteiger partial charge in [0.05, 0.1) is 23.4 Å². The van der Waals surface area contributed by atoms with Gasteiger partial charge in [0.15, 0.2) is 23.4 Å². The number of methoxy groups -OCH3 is 1. The van der Waals surface area contributed by atoms with Crippen molar-refractivity contribution in [1.29, 1.82) is 0 Å². The first-order valence-corrected chi connectivity index (χ1v) is 8.44. The number of carbonyl (C=O) groups is 2. The van der Waals surface area contributed by atoms with Gasteiger partial charge < -0.3 is 14.8 Å². The molecule has 1 atom stereocenters. The summed E-state index contributed by atoms with van der Waals surface area (Å²) in [4.78, 5) is 23.8. The van der Waals surface area contributed by atoms with E-state index in [1.54, 1.807) is 0 Å². The summed E-state index contributed by atoms with van der Waals surface area (Å²) in [7, 11) is 1.37. The van der Waals surface area contributed by atoms with Gasteiger partial charge in [-0.25, -0.2) is 0 Å². The third-order valence-electron chi connectivity index (χ3n) is 3.79. The van der Waals surface area contributed by atoms with Crippen molar-refractivity contribution in [3.63, 3.8) is 0 Å². The number of amides is 1. The lowest BCUT2D eigenvalue weighted by Gasteiger charge is -2.18. The minimum Gasteiger partial charge on any atom is -0.493 e. The van der Waals surface area contributed by atoms with Crippen molar-refractivity contribution < 1.29 is 32.2 Å². The van der Waals surface area contributed by atoms with E-state index >= 15 is 0 Å². The van der Waals surface area contributed by atoms with Gasteiger partial charge in [-0.3, -0.25) is 9.59 Å². The molecule has 2 rings (SSSR count). The van der Waals surface area contributed by atoms with E-state index < -0.39 is 23.8 Å². The van der Waals surface area contributed by atoms with Gasteiger partial charge in [-0.05, 0) is 50.2 Å². The van der Waals surface area contributed by atoms with Crippen LogP contribution in [0.15, 0.2) is 36.4 Å². The monoisotopic (exact) mass is 415 g/mol. The summed E-state index contributed by atoms with van der Waals surface area (Å²) in [5.74, 6) is -0.441. The van der Waals surface area contributed by atoms with E-state index in [4.69, 9.17) is 21.1 Å². The molecule has 1 amide bonds. The number of Topliss-reactive ketones (excluding diaryl/α,β-unsaturated/α-hetero) is 1. The summed E-state index contributed by atoms with van der Waals surface area (Å²) in [6, 6.07) is 7.06. The van der Waals surface area contributed by atoms with Gasteiger partial charge in [-0.2, -0.15) is 13.2 Å². The summed E-state index contributed by atoms with van der Waals surface area (Å²) >= 11 is 5.88. The molecule has 0 aliphatic rings. The highest BCUT2D eigenvalue weighted by Crippen LogP contribution is 2.34. The van der Waals surface area contributed by atoms with E-state index in [-0.39, 0.29) is 28.0 Å². The van der Waals surface area contributed by atoms with Crippen molar-refractivity contribution in [2.45, 2.75) is 26.1 Å². The summed E-state index contributed by atoms with van der Waals surface area (Å²) in [5, 5.41) is 2.27. The van der Waals surface area contributed by atoms with Crippen molar-refractivity contribution in [3.8, 4) is 11.5 Å². The highest BCUT2D eigenvalue weighted by atomic mass is 35.5. The number of alkyl halides is 3. The van der Waals surface area contributed by atoms with Gasteiger partial charge >= 0.3 is 6.18 Å². The summed E-state index contributed by atoms with van der Waals surface area (Å²) < 4.78 is 49.2. The molecule has 9 heteroatoms. The lowest BCUT2D eigenvalue weighted by atomic mass is 10.1. The fourth-order valence-electron chi connectivity index (χ4n) is 2.26. The van der Waals surface area contributed by atoms with Crippen molar-refractivity contribution in [3.05, 3.63) is 52.5 Å². The summed E-state index contributed by atoms with van der Waals surface area (Å²) in [6.07, 6.45) is -5.65. The summed E-state index contributed by atoms with van der Waals surface area (Å²) in [5.41, 5.74) is -0.727. The van der Waals surface area contributed by atoms with Gasteiger partial charge in [0.25, 0.3) is 5.91 Å². The van der Waals surface area contributed by atoms with Crippen molar-refractivity contribution in [1.82, 2.24) is 0 Å². The van der Waals surface area contributed by atoms with Gasteiger partial charge in [0.1, 0.15) is 0 Å². The predicted octanol–water partition coefficient (Wildman–Crippen LogP) is 4.98. The molecule has 1 N–H and O–H groups in total. The molecule has 0 aliphatic heterocycles. The fourth-order valence-corrected chi connectivity index (χ4v) is 2.42. The Morgan fingerprint density at radius 3 is 2.36 bits per heavy atom. The molecule has 0 unspecified atom stereocenters. The van der Waals surface area contributed by atoms with Crippen LogP contribution in [0, 0.1) is 0 Å². The molecule has 0 aromatic heterocycles. The number of carbonyl (C=O) groups excluding carboxylic acids is 2. The van der Waals surface area contributed by atoms with Crippen molar-refractivity contribution in [2.75, 3.05) is 12.4 Å². The van der Waals surface area contributed by atoms with E-state index in [1.165, 1.54) is 39.2 Å². The number of ether oxygens (including phenoxy) is 2. The van der Waals surface area contributed by atoms with Gasteiger partial charge in [0, 0.05) is 5.56 Å². The maximum Gasteiger partial charge on any atom is 0.416 e. The van der Waals surface area contributed by atoms with E-state index in [0.29, 0.717) is 5.56 Å². The lowest BCUT2D eigenvalue weighted by Crippen LogP contribution is -2.30. The Balaban J connectivity index is 2.17. The predicted molar refractivity (Wildman–Crippen MR) is 98.2 cm³/mol. The first-order valence-electron chi connectivity index (χ1n) is 8.06. The van der Waals surface area contributed by atoms with E-state index in [9.17, 15) is 22.8 Å². The molecule has 2 aromatic rings. The third-order valence-corrected chi connectivity index (χ3v) is 4.12. The van der Waals surface area contributed by atoms with Crippen LogP contribution in [0.25, 0.3) is 0 Å². The van der Waals surface area contributed by atoms with Crippen LogP contribution in [0.5, 0.6) is 11.5 Å². The van der Waals surface area contributed by atoms with Crippen LogP contribution in [-0.2, 0) is 11.0 Å². The molecular formula is C19H17ClF3NO4. The second-order valence-electron chi connectivity index (χ2n) is 5.86. The Kier molecular flexibility index (Phi) is 6.56. The minimum atomic E-state index is -4.57. The molecule has 0 saturated carbocycles. The standard InChI is InChI=1S/C19H17ClF3NO4/c1-10(25)12-4-7-16(17(8-12)27-3)28-11(2)18(26)24-15-9-13(19(21,22)23)5-6-14(15)20/h4-9,11H,1-3H3,(H,24,26)/t11-/m1/s1. The van der Waals surface area contributed by atoms with Crippen LogP contribution < -0.4 is 14.8 Å². The highest BCUT2D eigenvalue weighted by molar-refractivity contribution is 6.33. The molecule has 150 valence electrons. The van der Waals surface area contributed by atoms with Crippen LogP contribution in [0.3, 0.4) is 0 Å². The molecule has 0 aliphatic carbocycles. The molecule has 2 aromatic carbocycles. The highest BCUT2D eigenvalue weighted by Gasteiger charge is 2.31. The number of anilines is 1. The average Bonchev–Trinajstić information content (AvgIpc) is 2.62. The Labute approximate surface area is 164 Å². The number of rotatable bonds is 6. The van der Waals surface area contributed by atoms with Crippen LogP contribution >= 0.6 is 11.6 Å². The maximum absolute atomic E-state index is 12.8. The van der Waals surface area contributed by atoms with Crippen LogP contribution in [0.4, 0.5) is 18.9 Å². The Hall–Kier alpha value is -2.74. The molecular weight excluding hydrogens is 399 g/mol. The first-order chi connectivity index (χ1) is 13.0. The normalized spacial score (nSPS) is 12.2. The van der Waals surface area contributed by atoms with Crippen LogP contribution in [-0.4, -0.2) is 24.9 Å². The second kappa shape index (κ2) is 8.52. The number of nitrogens with one attached hydrogen (secondary N) is 1. The zero-order valence-electron chi connectivity index (χ0n) is 15.2. The van der Waals surface area contributed by atoms with E-state index in [2.05, 4.69) is 5.32 Å². The number of hydrogen-bond donors (Lipinski definition) is 1. The van der Waals surface area contributed by atoms with Gasteiger partial charge in [-0.15, -0.1) is 0 Å². The third kappa shape index (κ3) is 5.16. The second-order valence-corrected chi connectivity index (χ2v) is 6.27. The summed E-state index contributed by atoms with van der Waals surface area (Å²) in [6.45, 7) is 2.80. The SMILES string of the molecule is COc1cc(C(C)=O)ccc1O[C@H](C)C(=O)Nc1cc(C(F)(F)F)ccc1Cl. The molecule has 0 radical (unpaired) electrons. The molecule has 0 spiro atoms. The number of halogens is 4. The smallest absolute Gasteiger partial charge is 0.416 e. The lowest BCUT2D eigenvalue weighted by molar-refractivity contribution is -0.137. The molecule has 28 heavy (non-hydrogen) atoms. The van der Waals surface area contributed by atoms with Crippen molar-refractivity contribution >= 4 is 29.0 Å². The molecule has 0 fully saturated rings. The van der Waals surface area contributed by atoms with Crippen LogP contribution in [0.2, 0.25) is 5.02 Å². The largest absolute Gasteiger partial charge is 0.493 e. The quantitative estimate of drug-likeness (QED) is 0.676. The first kappa shape index (κ1) is 21.6. The average molecular weight is 416 g/mol. The van der Waals surface area contributed by atoms with E-state index in [0.717, 1.165) is 18.2 Å². The Morgan fingerprint density at radius 1 is 1.11 bits per heavy atom. The zero-order chi connectivity index (χ0) is 21.1. The molecule has 0 heterocycles. The Morgan fingerprint density at radius 2 is 1.79 bits per heavy atom.